The van der Waals surface area contributed by atoms with E-state index in [2.05, 4.69) is 20.6 Å². The molecule has 1 aromatic carbocycles. The number of amides is 1. The van der Waals surface area contributed by atoms with E-state index >= 15 is 0 Å². The average molecular weight is 245 g/mol. The van der Waals surface area contributed by atoms with Gasteiger partial charge >= 0.3 is 0 Å². The Kier molecular flexibility index (Phi) is 4.45. The Balaban J connectivity index is 2.63. The van der Waals surface area contributed by atoms with Crippen molar-refractivity contribution >= 4 is 17.8 Å². The zero-order valence-electron chi connectivity index (χ0n) is 10.6. The van der Waals surface area contributed by atoms with Crippen molar-refractivity contribution in [1.29, 1.82) is 0 Å². The molecule has 94 valence electrons. The Morgan fingerprint density at radius 1 is 1.33 bits per heavy atom. The highest BCUT2D eigenvalue weighted by molar-refractivity contribution is 5.84. The summed E-state index contributed by atoms with van der Waals surface area (Å²) in [6.07, 6.45) is 1.53. The van der Waals surface area contributed by atoms with Crippen LogP contribution in [0.3, 0.4) is 0 Å². The molecule has 1 rings (SSSR count). The van der Waals surface area contributed by atoms with Crippen LogP contribution < -0.4 is 5.43 Å². The van der Waals surface area contributed by atoms with E-state index in [-0.39, 0.29) is 5.91 Å². The molecule has 0 bridgehead atoms. The van der Waals surface area contributed by atoms with Gasteiger partial charge in [0.25, 0.3) is 0 Å². The lowest BCUT2D eigenvalue weighted by Crippen LogP contribution is -2.31. The second-order valence-corrected chi connectivity index (χ2v) is 4.73. The minimum Gasteiger partial charge on any atom is -0.273 e. The zero-order chi connectivity index (χ0) is 13.6. The van der Waals surface area contributed by atoms with E-state index in [1.54, 1.807) is 24.3 Å². The molecule has 0 aliphatic rings. The van der Waals surface area contributed by atoms with E-state index in [0.29, 0.717) is 5.69 Å². The average Bonchev–Trinajstić information content (AvgIpc) is 2.30. The van der Waals surface area contributed by atoms with Crippen LogP contribution in [-0.2, 0) is 4.79 Å². The van der Waals surface area contributed by atoms with Gasteiger partial charge in [0.2, 0.25) is 5.91 Å². The number of carbonyl (C=O) groups excluding carboxylic acids is 1. The summed E-state index contributed by atoms with van der Waals surface area (Å²) in [4.78, 5) is 14.2. The van der Waals surface area contributed by atoms with Gasteiger partial charge in [0.05, 0.1) is 6.21 Å². The summed E-state index contributed by atoms with van der Waals surface area (Å²) < 4.78 is 0. The third kappa shape index (κ3) is 4.27. The minimum absolute atomic E-state index is 0.149. The number of rotatable bonds is 3. The van der Waals surface area contributed by atoms with Gasteiger partial charge in [0.1, 0.15) is 0 Å². The lowest BCUT2D eigenvalue weighted by molar-refractivity contribution is -0.128. The van der Waals surface area contributed by atoms with Gasteiger partial charge in [0.15, 0.2) is 0 Å². The first kappa shape index (κ1) is 13.7. The quantitative estimate of drug-likeness (QED) is 0.286. The third-order valence-electron chi connectivity index (χ3n) is 2.11. The van der Waals surface area contributed by atoms with Crippen LogP contribution >= 0.6 is 0 Å². The molecule has 6 nitrogen and oxygen atoms in total. The van der Waals surface area contributed by atoms with Gasteiger partial charge in [-0.25, -0.2) is 5.43 Å². The smallest absolute Gasteiger partial charge is 0.245 e. The summed E-state index contributed by atoms with van der Waals surface area (Å²) in [5.41, 5.74) is 11.6. The monoisotopic (exact) mass is 245 g/mol. The standard InChI is InChI=1S/C12H15N5O/c1-12(2,3)11(18)16-14-8-9-4-6-10(7-5-9)15-17-13/h4-8H,1-3H3,(H,16,18)/b14-8+. The maximum absolute atomic E-state index is 11.5. The first-order valence-corrected chi connectivity index (χ1v) is 5.42. The summed E-state index contributed by atoms with van der Waals surface area (Å²) in [5, 5.41) is 7.31. The molecule has 1 amide bonds. The Bertz CT molecular complexity index is 492. The highest BCUT2D eigenvalue weighted by Gasteiger charge is 2.20. The first-order chi connectivity index (χ1) is 8.43. The van der Waals surface area contributed by atoms with E-state index in [1.165, 1.54) is 6.21 Å². The van der Waals surface area contributed by atoms with Crippen LogP contribution in [0.1, 0.15) is 26.3 Å². The second-order valence-electron chi connectivity index (χ2n) is 4.73. The van der Waals surface area contributed by atoms with Gasteiger partial charge in [-0.05, 0) is 11.1 Å². The molecule has 0 heterocycles. The molecule has 18 heavy (non-hydrogen) atoms. The maximum atomic E-state index is 11.5. The third-order valence-corrected chi connectivity index (χ3v) is 2.11. The molecule has 0 saturated carbocycles. The Morgan fingerprint density at radius 2 is 1.94 bits per heavy atom. The molecule has 0 aromatic heterocycles. The van der Waals surface area contributed by atoms with Crippen LogP contribution in [-0.4, -0.2) is 12.1 Å². The number of hydrazone groups is 1. The fourth-order valence-corrected chi connectivity index (χ4v) is 1.01. The van der Waals surface area contributed by atoms with Crippen molar-refractivity contribution < 1.29 is 4.79 Å². The normalized spacial score (nSPS) is 11.1. The van der Waals surface area contributed by atoms with Crippen LogP contribution in [0.4, 0.5) is 5.69 Å². The predicted octanol–water partition coefficient (Wildman–Crippen LogP) is 3.12. The van der Waals surface area contributed by atoms with Gasteiger partial charge in [-0.15, -0.1) is 0 Å². The van der Waals surface area contributed by atoms with Gasteiger partial charge < -0.3 is 0 Å². The molecule has 0 aliphatic heterocycles. The Labute approximate surface area is 105 Å². The van der Waals surface area contributed by atoms with E-state index in [9.17, 15) is 4.79 Å². The fraction of sp³-hybridized carbons (Fsp3) is 0.333. The van der Waals surface area contributed by atoms with Gasteiger partial charge in [-0.2, -0.15) is 5.10 Å². The van der Waals surface area contributed by atoms with E-state index in [1.807, 2.05) is 20.8 Å². The molecular weight excluding hydrogens is 230 g/mol. The molecule has 0 radical (unpaired) electrons. The highest BCUT2D eigenvalue weighted by Crippen LogP contribution is 2.13. The Morgan fingerprint density at radius 3 is 2.44 bits per heavy atom. The lowest BCUT2D eigenvalue weighted by Gasteiger charge is -2.14. The molecule has 6 heteroatoms. The SMILES string of the molecule is CC(C)(C)C(=O)N/N=C/c1ccc(N=[N+]=[N-])cc1. The van der Waals surface area contributed by atoms with Crippen LogP contribution in [0, 0.1) is 5.41 Å². The number of hydrogen-bond acceptors (Lipinski definition) is 3. The number of benzene rings is 1. The van der Waals surface area contributed by atoms with Gasteiger partial charge in [-0.1, -0.05) is 50.2 Å². The maximum Gasteiger partial charge on any atom is 0.245 e. The zero-order valence-corrected chi connectivity index (χ0v) is 10.6. The van der Waals surface area contributed by atoms with Crippen LogP contribution in [0.15, 0.2) is 34.5 Å². The largest absolute Gasteiger partial charge is 0.273 e. The number of carbonyl (C=O) groups is 1. The van der Waals surface area contributed by atoms with Crippen LogP contribution in [0.2, 0.25) is 0 Å². The fourth-order valence-electron chi connectivity index (χ4n) is 1.01. The van der Waals surface area contributed by atoms with Crippen molar-refractivity contribution in [2.45, 2.75) is 20.8 Å². The van der Waals surface area contributed by atoms with Crippen molar-refractivity contribution in [2.24, 2.45) is 15.6 Å². The Hall–Kier alpha value is -2.33. The van der Waals surface area contributed by atoms with E-state index in [4.69, 9.17) is 5.53 Å². The predicted molar refractivity (Wildman–Crippen MR) is 70.4 cm³/mol. The van der Waals surface area contributed by atoms with Crippen molar-refractivity contribution in [2.75, 3.05) is 0 Å². The van der Waals surface area contributed by atoms with Crippen LogP contribution in [0.25, 0.3) is 10.4 Å². The number of nitrogens with zero attached hydrogens (tertiary/aromatic N) is 4. The van der Waals surface area contributed by atoms with Crippen molar-refractivity contribution in [3.63, 3.8) is 0 Å². The summed E-state index contributed by atoms with van der Waals surface area (Å²) >= 11 is 0. The molecule has 0 atom stereocenters. The minimum atomic E-state index is -0.470. The van der Waals surface area contributed by atoms with Crippen LogP contribution in [0.5, 0.6) is 0 Å². The first-order valence-electron chi connectivity index (χ1n) is 5.42. The molecule has 1 N–H and O–H groups in total. The molecule has 0 saturated heterocycles. The van der Waals surface area contributed by atoms with Crippen molar-refractivity contribution in [3.8, 4) is 0 Å². The second kappa shape index (κ2) is 5.84. The van der Waals surface area contributed by atoms with Gasteiger partial charge in [-0.3, -0.25) is 4.79 Å². The lowest BCUT2D eigenvalue weighted by atomic mass is 9.96. The molecule has 0 aliphatic carbocycles. The molecular formula is C12H15N5O. The molecule has 1 aromatic rings. The topological polar surface area (TPSA) is 90.2 Å². The van der Waals surface area contributed by atoms with E-state index < -0.39 is 5.41 Å². The summed E-state index contributed by atoms with van der Waals surface area (Å²) in [6, 6.07) is 6.84. The number of azide groups is 1. The van der Waals surface area contributed by atoms with Crippen molar-refractivity contribution in [3.05, 3.63) is 40.3 Å². The number of nitrogens with one attached hydrogen (secondary N) is 1. The van der Waals surface area contributed by atoms with E-state index in [0.717, 1.165) is 5.56 Å². The number of hydrogen-bond donors (Lipinski definition) is 1. The molecule has 0 fully saturated rings. The summed E-state index contributed by atoms with van der Waals surface area (Å²) in [5.74, 6) is -0.149. The van der Waals surface area contributed by atoms with Gasteiger partial charge in [0, 0.05) is 16.0 Å². The molecule has 0 unspecified atom stereocenters. The summed E-state index contributed by atoms with van der Waals surface area (Å²) in [6.45, 7) is 5.44. The summed E-state index contributed by atoms with van der Waals surface area (Å²) in [7, 11) is 0. The highest BCUT2D eigenvalue weighted by atomic mass is 16.2. The van der Waals surface area contributed by atoms with Crippen molar-refractivity contribution in [1.82, 2.24) is 5.43 Å². The molecule has 0 spiro atoms.